The van der Waals surface area contributed by atoms with E-state index in [4.69, 9.17) is 14.6 Å². The number of ether oxygens (including phenoxy) is 2. The van der Waals surface area contributed by atoms with Gasteiger partial charge in [-0.3, -0.25) is 14.2 Å². The van der Waals surface area contributed by atoms with Gasteiger partial charge >= 0.3 is 0 Å². The molecule has 0 spiro atoms. The summed E-state index contributed by atoms with van der Waals surface area (Å²) >= 11 is 0. The Morgan fingerprint density at radius 2 is 2.17 bits per heavy atom. The van der Waals surface area contributed by atoms with Gasteiger partial charge in [0.15, 0.2) is 5.82 Å². The smallest absolute Gasteiger partial charge is 0.219 e. The zero-order valence-electron chi connectivity index (χ0n) is 21.3. The molecule has 0 aliphatic carbocycles. The molecule has 1 amide bonds. The Labute approximate surface area is 211 Å². The number of methoxy groups -OCH3 is 1. The molecule has 0 N–H and O–H groups in total. The lowest BCUT2D eigenvalue weighted by Gasteiger charge is -2.36. The van der Waals surface area contributed by atoms with Crippen molar-refractivity contribution in [1.29, 1.82) is 0 Å². The standard InChI is InChI=1S/C27H34N6O3/c1-18(34)31-8-6-26-24(15-31)27(29-33(26)23-7-9-36-17-23)32-13-19(16-35-3)10-21-11-20(4-5-25(21)32)22-12-28-30(2)14-22/h4-5,11-12,14,19,23H,6-10,13,15-17H2,1-3H3. The van der Waals surface area contributed by atoms with E-state index in [1.807, 2.05) is 29.0 Å². The van der Waals surface area contributed by atoms with Gasteiger partial charge in [0.05, 0.1) is 32.0 Å². The number of benzene rings is 1. The number of rotatable bonds is 5. The normalized spacial score (nSPS) is 21.5. The van der Waals surface area contributed by atoms with Gasteiger partial charge in [-0.1, -0.05) is 6.07 Å². The Kier molecular flexibility index (Phi) is 6.05. The summed E-state index contributed by atoms with van der Waals surface area (Å²) in [5, 5.41) is 9.59. The molecule has 1 fully saturated rings. The first-order valence-corrected chi connectivity index (χ1v) is 12.8. The molecule has 1 saturated heterocycles. The quantitative estimate of drug-likeness (QED) is 0.547. The van der Waals surface area contributed by atoms with Crippen LogP contribution in [-0.2, 0) is 40.7 Å². The Morgan fingerprint density at radius 1 is 1.28 bits per heavy atom. The highest BCUT2D eigenvalue weighted by molar-refractivity contribution is 5.76. The molecule has 6 rings (SSSR count). The lowest BCUT2D eigenvalue weighted by Crippen LogP contribution is -2.37. The average Bonchev–Trinajstić information content (AvgIpc) is 3.63. The highest BCUT2D eigenvalue weighted by atomic mass is 16.5. The average molecular weight is 491 g/mol. The van der Waals surface area contributed by atoms with Gasteiger partial charge in [0, 0.05) is 81.8 Å². The predicted octanol–water partition coefficient (Wildman–Crippen LogP) is 3.11. The molecule has 9 nitrogen and oxygen atoms in total. The van der Waals surface area contributed by atoms with Crippen molar-refractivity contribution >= 4 is 17.4 Å². The number of nitrogens with zero attached hydrogens (tertiary/aromatic N) is 6. The highest BCUT2D eigenvalue weighted by Gasteiger charge is 2.35. The van der Waals surface area contributed by atoms with Crippen LogP contribution in [0.5, 0.6) is 0 Å². The van der Waals surface area contributed by atoms with Crippen molar-refractivity contribution in [3.63, 3.8) is 0 Å². The Bertz CT molecular complexity index is 1270. The molecule has 0 radical (unpaired) electrons. The maximum Gasteiger partial charge on any atom is 0.219 e. The maximum absolute atomic E-state index is 12.3. The molecule has 2 atom stereocenters. The van der Waals surface area contributed by atoms with Crippen LogP contribution in [0.15, 0.2) is 30.6 Å². The number of aromatic nitrogens is 4. The minimum Gasteiger partial charge on any atom is -0.384 e. The first-order valence-electron chi connectivity index (χ1n) is 12.8. The lowest BCUT2D eigenvalue weighted by molar-refractivity contribution is -0.129. The van der Waals surface area contributed by atoms with Crippen molar-refractivity contribution in [3.8, 4) is 11.1 Å². The molecule has 190 valence electrons. The third kappa shape index (κ3) is 4.10. The summed E-state index contributed by atoms with van der Waals surface area (Å²) in [6.07, 6.45) is 6.70. The largest absolute Gasteiger partial charge is 0.384 e. The zero-order chi connectivity index (χ0) is 24.8. The molecule has 5 heterocycles. The van der Waals surface area contributed by atoms with Gasteiger partial charge in [-0.05, 0) is 36.1 Å². The van der Waals surface area contributed by atoms with Crippen LogP contribution in [0, 0.1) is 5.92 Å². The monoisotopic (exact) mass is 490 g/mol. The Morgan fingerprint density at radius 3 is 2.89 bits per heavy atom. The number of hydrogen-bond donors (Lipinski definition) is 0. The number of hydrogen-bond acceptors (Lipinski definition) is 6. The summed E-state index contributed by atoms with van der Waals surface area (Å²) < 4.78 is 15.4. The second kappa shape index (κ2) is 9.37. The van der Waals surface area contributed by atoms with Gasteiger partial charge in [-0.25, -0.2) is 0 Å². The molecule has 0 bridgehead atoms. The van der Waals surface area contributed by atoms with E-state index in [-0.39, 0.29) is 11.9 Å². The van der Waals surface area contributed by atoms with Gasteiger partial charge in [0.2, 0.25) is 5.91 Å². The van der Waals surface area contributed by atoms with Crippen molar-refractivity contribution in [3.05, 3.63) is 47.4 Å². The van der Waals surface area contributed by atoms with Crippen LogP contribution in [0.3, 0.4) is 0 Å². The van der Waals surface area contributed by atoms with E-state index < -0.39 is 0 Å². The number of carbonyl (C=O) groups is 1. The van der Waals surface area contributed by atoms with Gasteiger partial charge < -0.3 is 19.3 Å². The minimum atomic E-state index is 0.112. The second-order valence-electron chi connectivity index (χ2n) is 10.3. The minimum absolute atomic E-state index is 0.112. The number of anilines is 2. The second-order valence-corrected chi connectivity index (χ2v) is 10.3. The molecule has 9 heteroatoms. The summed E-state index contributed by atoms with van der Waals surface area (Å²) in [4.78, 5) is 16.6. The molecule has 36 heavy (non-hydrogen) atoms. The first-order chi connectivity index (χ1) is 17.5. The summed E-state index contributed by atoms with van der Waals surface area (Å²) in [5.74, 6) is 1.43. The summed E-state index contributed by atoms with van der Waals surface area (Å²) in [5.41, 5.74) is 7.17. The number of carbonyl (C=O) groups excluding carboxylic acids is 1. The van der Waals surface area contributed by atoms with Gasteiger partial charge in [0.1, 0.15) is 0 Å². The third-order valence-corrected chi connectivity index (χ3v) is 7.78. The van der Waals surface area contributed by atoms with Crippen molar-refractivity contribution in [1.82, 2.24) is 24.5 Å². The maximum atomic E-state index is 12.3. The van der Waals surface area contributed by atoms with Crippen LogP contribution in [0.2, 0.25) is 0 Å². The van der Waals surface area contributed by atoms with E-state index in [9.17, 15) is 4.79 Å². The van der Waals surface area contributed by atoms with Crippen LogP contribution in [0.25, 0.3) is 11.1 Å². The molecular formula is C27H34N6O3. The van der Waals surface area contributed by atoms with Crippen molar-refractivity contribution in [2.75, 3.05) is 44.9 Å². The van der Waals surface area contributed by atoms with E-state index in [1.54, 1.807) is 14.0 Å². The lowest BCUT2D eigenvalue weighted by atomic mass is 9.90. The van der Waals surface area contributed by atoms with Crippen molar-refractivity contribution < 1.29 is 14.3 Å². The van der Waals surface area contributed by atoms with Gasteiger partial charge in [-0.15, -0.1) is 0 Å². The SMILES string of the molecule is COCC1Cc2cc(-c3cnn(C)c3)ccc2N(c2nn(C3CCOC3)c3c2CN(C(C)=O)CC3)C1. The van der Waals surface area contributed by atoms with Crippen molar-refractivity contribution in [2.24, 2.45) is 13.0 Å². The molecule has 3 aromatic rings. The fourth-order valence-electron chi connectivity index (χ4n) is 5.97. The summed E-state index contributed by atoms with van der Waals surface area (Å²) in [7, 11) is 3.71. The number of amides is 1. The molecule has 2 unspecified atom stereocenters. The number of aryl methyl sites for hydroxylation is 1. The number of fused-ring (bicyclic) bond motifs is 2. The van der Waals surface area contributed by atoms with E-state index in [2.05, 4.69) is 32.9 Å². The molecule has 1 aromatic carbocycles. The fraction of sp³-hybridized carbons (Fsp3) is 0.519. The summed E-state index contributed by atoms with van der Waals surface area (Å²) in [6.45, 7) is 5.98. The van der Waals surface area contributed by atoms with E-state index in [1.165, 1.54) is 28.1 Å². The molecule has 2 aromatic heterocycles. The fourth-order valence-corrected chi connectivity index (χ4v) is 5.97. The topological polar surface area (TPSA) is 77.7 Å². The van der Waals surface area contributed by atoms with Crippen LogP contribution < -0.4 is 4.90 Å². The molecular weight excluding hydrogens is 456 g/mol. The zero-order valence-corrected chi connectivity index (χ0v) is 21.3. The Balaban J connectivity index is 1.45. The van der Waals surface area contributed by atoms with Gasteiger partial charge in [0.25, 0.3) is 0 Å². The van der Waals surface area contributed by atoms with Crippen LogP contribution >= 0.6 is 0 Å². The van der Waals surface area contributed by atoms with Crippen LogP contribution in [-0.4, -0.2) is 70.4 Å². The predicted molar refractivity (Wildman–Crippen MR) is 136 cm³/mol. The van der Waals surface area contributed by atoms with E-state index >= 15 is 0 Å². The van der Waals surface area contributed by atoms with Crippen molar-refractivity contribution in [2.45, 2.75) is 38.8 Å². The van der Waals surface area contributed by atoms with Crippen LogP contribution in [0.4, 0.5) is 11.5 Å². The summed E-state index contributed by atoms with van der Waals surface area (Å²) in [6, 6.07) is 6.94. The van der Waals surface area contributed by atoms with Crippen LogP contribution in [0.1, 0.15) is 36.2 Å². The van der Waals surface area contributed by atoms with E-state index in [0.717, 1.165) is 50.3 Å². The Hall–Kier alpha value is -3.17. The molecule has 3 aliphatic heterocycles. The van der Waals surface area contributed by atoms with Gasteiger partial charge in [-0.2, -0.15) is 10.2 Å². The first kappa shape index (κ1) is 23.2. The molecule has 3 aliphatic rings. The van der Waals surface area contributed by atoms with E-state index in [0.29, 0.717) is 25.7 Å². The third-order valence-electron chi connectivity index (χ3n) is 7.78. The molecule has 0 saturated carbocycles. The highest BCUT2D eigenvalue weighted by Crippen LogP contribution is 2.41.